The van der Waals surface area contributed by atoms with E-state index in [1.54, 1.807) is 13.4 Å². The van der Waals surface area contributed by atoms with Gasteiger partial charge < -0.3 is 25.3 Å². The minimum atomic E-state index is -0.536. The highest BCUT2D eigenvalue weighted by molar-refractivity contribution is 5.94. The number of methoxy groups -OCH3 is 1. The SMILES string of the molecule is CC.CCC(COC)NC=O.CCC[C@H](NC1CCc2cc(F)cc(F)c2C1)C(=O)Nc1cn(C(C)(C)C)cn1. The van der Waals surface area contributed by atoms with Gasteiger partial charge in [0.25, 0.3) is 0 Å². The average Bonchev–Trinajstić information content (AvgIpc) is 3.39. The molecule has 3 N–H and O–H groups in total. The number of aryl methyl sites for hydroxylation is 1. The predicted octanol–water partition coefficient (Wildman–Crippen LogP) is 5.35. The van der Waals surface area contributed by atoms with E-state index >= 15 is 0 Å². The molecule has 40 heavy (non-hydrogen) atoms. The Bertz CT molecular complexity index is 1040. The number of halogens is 2. The summed E-state index contributed by atoms with van der Waals surface area (Å²) >= 11 is 0. The number of rotatable bonds is 11. The second-order valence-corrected chi connectivity index (χ2v) is 10.6. The van der Waals surface area contributed by atoms with Crippen LogP contribution in [0.2, 0.25) is 0 Å². The standard InChI is InChI=1S/C22H30F2N4O.C6H13NO2.C2H6/c1-5-6-19(21(29)27-20-12-28(13-25-20)22(2,3)4)26-16-8-7-14-9-15(23)10-18(24)17(14)11-16;1-3-6(4-9-2)7-5-8;1-2/h9-10,12-13,16,19,26H,5-8,11H2,1-4H3,(H,27,29);5-6H,3-4H2,1-2H3,(H,7,8);1-2H3/t16?,19-;;/m0../s1. The highest BCUT2D eigenvalue weighted by atomic mass is 19.1. The van der Waals surface area contributed by atoms with Crippen LogP contribution in [0.5, 0.6) is 0 Å². The van der Waals surface area contributed by atoms with Crippen molar-refractivity contribution in [3.05, 3.63) is 47.4 Å². The molecule has 0 saturated heterocycles. The number of hydrogen-bond donors (Lipinski definition) is 3. The minimum Gasteiger partial charge on any atom is -0.383 e. The molecule has 0 fully saturated rings. The van der Waals surface area contributed by atoms with E-state index < -0.39 is 17.7 Å². The van der Waals surface area contributed by atoms with Gasteiger partial charge >= 0.3 is 0 Å². The summed E-state index contributed by atoms with van der Waals surface area (Å²) in [5.41, 5.74) is 1.16. The van der Waals surface area contributed by atoms with Crippen molar-refractivity contribution in [3.63, 3.8) is 0 Å². The fourth-order valence-electron chi connectivity index (χ4n) is 4.34. The number of imidazole rings is 1. The summed E-state index contributed by atoms with van der Waals surface area (Å²) in [5.74, 6) is -0.666. The molecule has 1 aliphatic carbocycles. The van der Waals surface area contributed by atoms with Crippen molar-refractivity contribution in [3.8, 4) is 0 Å². The van der Waals surface area contributed by atoms with Crippen molar-refractivity contribution < 1.29 is 23.1 Å². The molecule has 1 heterocycles. The molecule has 2 unspecified atom stereocenters. The van der Waals surface area contributed by atoms with E-state index in [0.717, 1.165) is 30.9 Å². The molecule has 10 heteroatoms. The van der Waals surface area contributed by atoms with Gasteiger partial charge in [-0.3, -0.25) is 9.59 Å². The van der Waals surface area contributed by atoms with Crippen molar-refractivity contribution in [1.29, 1.82) is 0 Å². The van der Waals surface area contributed by atoms with Gasteiger partial charge in [-0.15, -0.1) is 0 Å². The normalized spacial score (nSPS) is 15.8. The summed E-state index contributed by atoms with van der Waals surface area (Å²) < 4.78 is 34.4. The molecule has 1 aromatic carbocycles. The number of hydrogen-bond acceptors (Lipinski definition) is 5. The Morgan fingerprint density at radius 3 is 2.50 bits per heavy atom. The molecule has 0 radical (unpaired) electrons. The van der Waals surface area contributed by atoms with E-state index in [1.165, 1.54) is 6.07 Å². The molecule has 226 valence electrons. The molecule has 0 bridgehead atoms. The molecule has 3 atom stereocenters. The largest absolute Gasteiger partial charge is 0.383 e. The van der Waals surface area contributed by atoms with Crippen LogP contribution in [0.1, 0.15) is 85.3 Å². The first-order valence-electron chi connectivity index (χ1n) is 14.3. The average molecular weight is 566 g/mol. The monoisotopic (exact) mass is 565 g/mol. The van der Waals surface area contributed by atoms with Gasteiger partial charge in [-0.2, -0.15) is 0 Å². The first-order chi connectivity index (χ1) is 19.0. The maximum absolute atomic E-state index is 14.2. The number of aromatic nitrogens is 2. The highest BCUT2D eigenvalue weighted by Gasteiger charge is 2.27. The predicted molar refractivity (Wildman–Crippen MR) is 156 cm³/mol. The van der Waals surface area contributed by atoms with E-state index in [0.29, 0.717) is 43.7 Å². The van der Waals surface area contributed by atoms with E-state index in [2.05, 4.69) is 41.7 Å². The first-order valence-corrected chi connectivity index (χ1v) is 14.3. The molecular weight excluding hydrogens is 516 g/mol. The van der Waals surface area contributed by atoms with Gasteiger partial charge in [-0.1, -0.05) is 34.1 Å². The lowest BCUT2D eigenvalue weighted by atomic mass is 9.87. The molecule has 2 aromatic rings. The first kappa shape index (κ1) is 35.2. The molecule has 2 amide bonds. The summed E-state index contributed by atoms with van der Waals surface area (Å²) in [6.07, 6.45) is 8.43. The van der Waals surface area contributed by atoms with Gasteiger partial charge in [-0.05, 0) is 70.1 Å². The fraction of sp³-hybridized carbons (Fsp3) is 0.633. The smallest absolute Gasteiger partial charge is 0.242 e. The summed E-state index contributed by atoms with van der Waals surface area (Å²) in [4.78, 5) is 27.0. The van der Waals surface area contributed by atoms with Crippen molar-refractivity contribution in [2.45, 2.75) is 111 Å². The van der Waals surface area contributed by atoms with E-state index in [-0.39, 0.29) is 23.5 Å². The number of benzene rings is 1. The van der Waals surface area contributed by atoms with Gasteiger partial charge in [0.15, 0.2) is 5.82 Å². The number of carbonyl (C=O) groups excluding carboxylic acids is 2. The van der Waals surface area contributed by atoms with Gasteiger partial charge in [0.05, 0.1) is 25.0 Å². The maximum atomic E-state index is 14.2. The second-order valence-electron chi connectivity index (χ2n) is 10.6. The quantitative estimate of drug-likeness (QED) is 0.319. The van der Waals surface area contributed by atoms with Crippen LogP contribution in [-0.2, 0) is 32.7 Å². The zero-order chi connectivity index (χ0) is 30.3. The summed E-state index contributed by atoms with van der Waals surface area (Å²) in [6, 6.07) is 2.10. The number of amides is 2. The summed E-state index contributed by atoms with van der Waals surface area (Å²) in [7, 11) is 1.62. The lowest BCUT2D eigenvalue weighted by molar-refractivity contribution is -0.118. The van der Waals surface area contributed by atoms with Crippen LogP contribution in [0.3, 0.4) is 0 Å². The molecular formula is C30H49F2N5O3. The number of fused-ring (bicyclic) bond motifs is 1. The van der Waals surface area contributed by atoms with Crippen LogP contribution in [0.15, 0.2) is 24.7 Å². The topological polar surface area (TPSA) is 97.3 Å². The molecule has 1 aliphatic rings. The third-order valence-electron chi connectivity index (χ3n) is 6.57. The third kappa shape index (κ3) is 11.3. The number of anilines is 1. The third-order valence-corrected chi connectivity index (χ3v) is 6.57. The molecule has 8 nitrogen and oxygen atoms in total. The van der Waals surface area contributed by atoms with Crippen molar-refractivity contribution in [1.82, 2.24) is 20.2 Å². The Labute approximate surface area is 238 Å². The summed E-state index contributed by atoms with van der Waals surface area (Å²) in [6.45, 7) is 14.8. The molecule has 0 aliphatic heterocycles. The highest BCUT2D eigenvalue weighted by Crippen LogP contribution is 2.26. The maximum Gasteiger partial charge on any atom is 0.242 e. The van der Waals surface area contributed by atoms with Crippen LogP contribution < -0.4 is 16.0 Å². The Hall–Kier alpha value is -2.85. The van der Waals surface area contributed by atoms with E-state index in [4.69, 9.17) is 4.74 Å². The van der Waals surface area contributed by atoms with Gasteiger partial charge in [-0.25, -0.2) is 13.8 Å². The molecule has 3 rings (SSSR count). The fourth-order valence-corrected chi connectivity index (χ4v) is 4.34. The molecule has 0 spiro atoms. The molecule has 1 aromatic heterocycles. The Balaban J connectivity index is 0.000000621. The Morgan fingerprint density at radius 1 is 1.25 bits per heavy atom. The Morgan fingerprint density at radius 2 is 1.95 bits per heavy atom. The Kier molecular flexibility index (Phi) is 15.6. The van der Waals surface area contributed by atoms with Crippen LogP contribution in [0, 0.1) is 11.6 Å². The lowest BCUT2D eigenvalue weighted by Gasteiger charge is -2.29. The summed E-state index contributed by atoms with van der Waals surface area (Å²) in [5, 5.41) is 8.91. The van der Waals surface area contributed by atoms with Gasteiger partial charge in [0.1, 0.15) is 11.6 Å². The molecule has 0 saturated carbocycles. The second kappa shape index (κ2) is 17.8. The van der Waals surface area contributed by atoms with Crippen LogP contribution in [-0.4, -0.2) is 53.7 Å². The van der Waals surface area contributed by atoms with Gasteiger partial charge in [0.2, 0.25) is 12.3 Å². The van der Waals surface area contributed by atoms with E-state index in [1.807, 2.05) is 38.5 Å². The van der Waals surface area contributed by atoms with Gasteiger partial charge in [0, 0.05) is 31.0 Å². The minimum absolute atomic E-state index is 0.0307. The zero-order valence-electron chi connectivity index (χ0n) is 25.4. The van der Waals surface area contributed by atoms with Crippen LogP contribution in [0.25, 0.3) is 0 Å². The van der Waals surface area contributed by atoms with Crippen LogP contribution >= 0.6 is 0 Å². The van der Waals surface area contributed by atoms with E-state index in [9.17, 15) is 18.4 Å². The number of carbonyl (C=O) groups is 2. The van der Waals surface area contributed by atoms with Crippen LogP contribution in [0.4, 0.5) is 14.6 Å². The number of nitrogens with zero attached hydrogens (tertiary/aromatic N) is 2. The van der Waals surface area contributed by atoms with Crippen molar-refractivity contribution in [2.24, 2.45) is 0 Å². The number of nitrogens with one attached hydrogen (secondary N) is 3. The lowest BCUT2D eigenvalue weighted by Crippen LogP contribution is -2.48. The zero-order valence-corrected chi connectivity index (χ0v) is 25.4. The number of ether oxygens (including phenoxy) is 1. The van der Waals surface area contributed by atoms with Crippen molar-refractivity contribution >= 4 is 18.1 Å². The van der Waals surface area contributed by atoms with Crippen molar-refractivity contribution in [2.75, 3.05) is 19.0 Å².